The standard InChI is InChI=1S/C9H16O5/c1-9(2,13-4)14-8(11)6-5-7(10)12-3/h5-6H2,1-4H3. The lowest BCUT2D eigenvalue weighted by Gasteiger charge is -2.22. The minimum atomic E-state index is -0.951. The Kier molecular flexibility index (Phi) is 5.15. The molecule has 0 amide bonds. The average Bonchev–Trinajstić information content (AvgIpc) is 2.13. The Morgan fingerprint density at radius 3 is 2.00 bits per heavy atom. The van der Waals surface area contributed by atoms with Gasteiger partial charge in [-0.05, 0) is 0 Å². The van der Waals surface area contributed by atoms with E-state index in [2.05, 4.69) is 4.74 Å². The van der Waals surface area contributed by atoms with E-state index < -0.39 is 17.7 Å². The fourth-order valence-corrected chi connectivity index (χ4v) is 0.673. The van der Waals surface area contributed by atoms with E-state index in [1.807, 2.05) is 0 Å². The molecule has 0 N–H and O–H groups in total. The van der Waals surface area contributed by atoms with E-state index in [9.17, 15) is 9.59 Å². The summed E-state index contributed by atoms with van der Waals surface area (Å²) in [5.41, 5.74) is 0. The molecule has 5 heteroatoms. The van der Waals surface area contributed by atoms with Crippen LogP contribution in [-0.2, 0) is 23.8 Å². The predicted octanol–water partition coefficient (Wildman–Crippen LogP) is 0.865. The third-order valence-corrected chi connectivity index (χ3v) is 1.61. The molecule has 0 rings (SSSR count). The van der Waals surface area contributed by atoms with E-state index in [1.165, 1.54) is 14.2 Å². The van der Waals surface area contributed by atoms with Gasteiger partial charge < -0.3 is 14.2 Å². The van der Waals surface area contributed by atoms with Gasteiger partial charge in [-0.1, -0.05) is 0 Å². The molecule has 0 fully saturated rings. The summed E-state index contributed by atoms with van der Waals surface area (Å²) in [6, 6.07) is 0. The minimum absolute atomic E-state index is 0.000532. The van der Waals surface area contributed by atoms with Gasteiger partial charge in [-0.15, -0.1) is 0 Å². The van der Waals surface area contributed by atoms with Gasteiger partial charge in [0.15, 0.2) is 0 Å². The van der Waals surface area contributed by atoms with Gasteiger partial charge >= 0.3 is 11.9 Å². The molecule has 0 unspecified atom stereocenters. The Balaban J connectivity index is 3.82. The lowest BCUT2D eigenvalue weighted by Crippen LogP contribution is -2.30. The molecule has 5 nitrogen and oxygen atoms in total. The molecule has 0 spiro atoms. The summed E-state index contributed by atoms with van der Waals surface area (Å²) in [5, 5.41) is 0. The zero-order valence-corrected chi connectivity index (χ0v) is 8.96. The summed E-state index contributed by atoms with van der Waals surface area (Å²) in [4.78, 5) is 21.8. The first kappa shape index (κ1) is 12.9. The minimum Gasteiger partial charge on any atom is -0.469 e. The molecule has 0 aromatic carbocycles. The van der Waals surface area contributed by atoms with Crippen LogP contribution >= 0.6 is 0 Å². The smallest absolute Gasteiger partial charge is 0.308 e. The Hall–Kier alpha value is -1.10. The molecule has 14 heavy (non-hydrogen) atoms. The van der Waals surface area contributed by atoms with Crippen LogP contribution in [0.3, 0.4) is 0 Å². The molecular weight excluding hydrogens is 188 g/mol. The lowest BCUT2D eigenvalue weighted by molar-refractivity contribution is -0.206. The van der Waals surface area contributed by atoms with Crippen molar-refractivity contribution in [1.29, 1.82) is 0 Å². The van der Waals surface area contributed by atoms with E-state index in [4.69, 9.17) is 9.47 Å². The molecule has 0 aromatic heterocycles. The number of ether oxygens (including phenoxy) is 3. The van der Waals surface area contributed by atoms with Crippen molar-refractivity contribution in [3.63, 3.8) is 0 Å². The number of hydrogen-bond donors (Lipinski definition) is 0. The second-order valence-electron chi connectivity index (χ2n) is 3.15. The van der Waals surface area contributed by atoms with Gasteiger partial charge in [-0.25, -0.2) is 0 Å². The lowest BCUT2D eigenvalue weighted by atomic mass is 10.3. The quantitative estimate of drug-likeness (QED) is 0.491. The number of methoxy groups -OCH3 is 2. The summed E-state index contributed by atoms with van der Waals surface area (Å²) in [5.74, 6) is -1.87. The molecular formula is C9H16O5. The zero-order chi connectivity index (χ0) is 11.2. The van der Waals surface area contributed by atoms with E-state index >= 15 is 0 Å². The Morgan fingerprint density at radius 1 is 1.07 bits per heavy atom. The number of esters is 2. The fraction of sp³-hybridized carbons (Fsp3) is 0.778. The maximum atomic E-state index is 11.1. The summed E-state index contributed by atoms with van der Waals surface area (Å²) in [6.45, 7) is 3.23. The SMILES string of the molecule is COC(=O)CCC(=O)OC(C)(C)OC. The maximum absolute atomic E-state index is 11.1. The summed E-state index contributed by atoms with van der Waals surface area (Å²) >= 11 is 0. The molecule has 0 atom stereocenters. The van der Waals surface area contributed by atoms with E-state index in [-0.39, 0.29) is 12.8 Å². The first-order valence-electron chi connectivity index (χ1n) is 4.25. The predicted molar refractivity (Wildman–Crippen MR) is 48.4 cm³/mol. The highest BCUT2D eigenvalue weighted by Crippen LogP contribution is 2.11. The summed E-state index contributed by atoms with van der Waals surface area (Å²) in [6.07, 6.45) is 0.0224. The monoisotopic (exact) mass is 204 g/mol. The van der Waals surface area contributed by atoms with Crippen molar-refractivity contribution in [2.45, 2.75) is 32.5 Å². The van der Waals surface area contributed by atoms with Crippen molar-refractivity contribution in [1.82, 2.24) is 0 Å². The van der Waals surface area contributed by atoms with Gasteiger partial charge in [0.2, 0.25) is 5.79 Å². The topological polar surface area (TPSA) is 61.8 Å². The van der Waals surface area contributed by atoms with Crippen LogP contribution in [0.15, 0.2) is 0 Å². The summed E-state index contributed by atoms with van der Waals surface area (Å²) in [7, 11) is 2.71. The molecule has 82 valence electrons. The third-order valence-electron chi connectivity index (χ3n) is 1.61. The van der Waals surface area contributed by atoms with Crippen LogP contribution in [-0.4, -0.2) is 31.9 Å². The number of carbonyl (C=O) groups excluding carboxylic acids is 2. The van der Waals surface area contributed by atoms with Crippen LogP contribution < -0.4 is 0 Å². The van der Waals surface area contributed by atoms with Crippen LogP contribution in [0.4, 0.5) is 0 Å². The number of hydrogen-bond acceptors (Lipinski definition) is 5. The van der Waals surface area contributed by atoms with Gasteiger partial charge in [0.25, 0.3) is 0 Å². The molecule has 0 saturated carbocycles. The Morgan fingerprint density at radius 2 is 1.57 bits per heavy atom. The second kappa shape index (κ2) is 5.59. The van der Waals surface area contributed by atoms with Gasteiger partial charge in [0, 0.05) is 21.0 Å². The van der Waals surface area contributed by atoms with Crippen LogP contribution in [0, 0.1) is 0 Å². The first-order chi connectivity index (χ1) is 6.41. The maximum Gasteiger partial charge on any atom is 0.308 e. The van der Waals surface area contributed by atoms with E-state index in [0.717, 1.165) is 0 Å². The highest BCUT2D eigenvalue weighted by atomic mass is 16.7. The van der Waals surface area contributed by atoms with Crippen LogP contribution in [0.1, 0.15) is 26.7 Å². The van der Waals surface area contributed by atoms with Gasteiger partial charge in [0.05, 0.1) is 20.0 Å². The van der Waals surface area contributed by atoms with E-state index in [0.29, 0.717) is 0 Å². The van der Waals surface area contributed by atoms with Gasteiger partial charge in [-0.3, -0.25) is 9.59 Å². The highest BCUT2D eigenvalue weighted by molar-refractivity contribution is 5.77. The van der Waals surface area contributed by atoms with Crippen molar-refractivity contribution in [3.05, 3.63) is 0 Å². The molecule has 0 aliphatic carbocycles. The molecule has 0 saturated heterocycles. The molecule has 0 aliphatic heterocycles. The Bertz CT molecular complexity index is 209. The van der Waals surface area contributed by atoms with Crippen molar-refractivity contribution >= 4 is 11.9 Å². The largest absolute Gasteiger partial charge is 0.469 e. The van der Waals surface area contributed by atoms with Gasteiger partial charge in [-0.2, -0.15) is 0 Å². The zero-order valence-electron chi connectivity index (χ0n) is 8.96. The Labute approximate surface area is 83.3 Å². The molecule has 0 aliphatic rings. The number of carbonyl (C=O) groups is 2. The van der Waals surface area contributed by atoms with Crippen molar-refractivity contribution in [2.24, 2.45) is 0 Å². The highest BCUT2D eigenvalue weighted by Gasteiger charge is 2.21. The molecule has 0 bridgehead atoms. The normalized spacial score (nSPS) is 10.9. The third kappa shape index (κ3) is 5.53. The summed E-state index contributed by atoms with van der Waals surface area (Å²) < 4.78 is 14.2. The van der Waals surface area contributed by atoms with Crippen molar-refractivity contribution in [2.75, 3.05) is 14.2 Å². The van der Waals surface area contributed by atoms with Crippen LogP contribution in [0.2, 0.25) is 0 Å². The van der Waals surface area contributed by atoms with Gasteiger partial charge in [0.1, 0.15) is 0 Å². The van der Waals surface area contributed by atoms with E-state index in [1.54, 1.807) is 13.8 Å². The second-order valence-corrected chi connectivity index (χ2v) is 3.15. The average molecular weight is 204 g/mol. The number of rotatable bonds is 5. The fourth-order valence-electron chi connectivity index (χ4n) is 0.673. The molecule has 0 aromatic rings. The van der Waals surface area contributed by atoms with Crippen molar-refractivity contribution in [3.8, 4) is 0 Å². The van der Waals surface area contributed by atoms with Crippen molar-refractivity contribution < 1.29 is 23.8 Å². The van der Waals surface area contributed by atoms with Crippen LogP contribution in [0.5, 0.6) is 0 Å². The first-order valence-corrected chi connectivity index (χ1v) is 4.25. The molecule has 0 radical (unpaired) electrons. The molecule has 0 heterocycles. The van der Waals surface area contributed by atoms with Crippen LogP contribution in [0.25, 0.3) is 0 Å².